The largest absolute Gasteiger partial charge is 0.456 e. The van der Waals surface area contributed by atoms with Crippen LogP contribution in [0.25, 0.3) is 0 Å². The average molecular weight is 423 g/mol. The summed E-state index contributed by atoms with van der Waals surface area (Å²) < 4.78 is 4.89. The summed E-state index contributed by atoms with van der Waals surface area (Å²) in [6, 6.07) is 12.1. The van der Waals surface area contributed by atoms with Gasteiger partial charge in [0, 0.05) is 17.1 Å². The van der Waals surface area contributed by atoms with Crippen LogP contribution in [0.5, 0.6) is 0 Å². The molecule has 2 aromatic carbocycles. The average Bonchev–Trinajstić information content (AvgIpc) is 2.67. The molecular weight excluding hydrogens is 403 g/mol. The van der Waals surface area contributed by atoms with E-state index in [1.54, 1.807) is 18.2 Å². The summed E-state index contributed by atoms with van der Waals surface area (Å²) in [5.41, 5.74) is 2.10. The highest BCUT2D eigenvalue weighted by Crippen LogP contribution is 2.25. The highest BCUT2D eigenvalue weighted by molar-refractivity contribution is 6.36. The summed E-state index contributed by atoms with van der Waals surface area (Å²) in [7, 11) is 0. The van der Waals surface area contributed by atoms with Crippen LogP contribution in [0.2, 0.25) is 10.0 Å². The van der Waals surface area contributed by atoms with Gasteiger partial charge in [0.25, 0.3) is 5.91 Å². The van der Waals surface area contributed by atoms with Crippen LogP contribution >= 0.6 is 23.2 Å². The molecule has 0 aliphatic rings. The monoisotopic (exact) mass is 422 g/mol. The maximum Gasteiger partial charge on any atom is 0.306 e. The number of ether oxygens (including phenoxy) is 1. The van der Waals surface area contributed by atoms with Crippen molar-refractivity contribution in [3.05, 3.63) is 58.1 Å². The number of aryl methyl sites for hydroxylation is 1. The number of carbonyl (C=O) groups is 3. The van der Waals surface area contributed by atoms with Gasteiger partial charge >= 0.3 is 5.97 Å². The Labute approximate surface area is 173 Å². The number of hydrogen-bond acceptors (Lipinski definition) is 4. The van der Waals surface area contributed by atoms with Gasteiger partial charge in [0.15, 0.2) is 6.61 Å². The smallest absolute Gasteiger partial charge is 0.306 e. The molecule has 0 bridgehead atoms. The first-order chi connectivity index (χ1) is 13.4. The van der Waals surface area contributed by atoms with E-state index in [-0.39, 0.29) is 23.8 Å². The molecule has 0 atom stereocenters. The predicted molar refractivity (Wildman–Crippen MR) is 110 cm³/mol. The molecule has 2 N–H and O–H groups in total. The standard InChI is InChI=1S/C20H20Cl2N2O4/c1-2-13-5-3-4-6-16(13)23-18(25)9-10-20(27)28-12-19(26)24-17-8-7-14(21)11-15(17)22/h3-8,11H,2,9-10,12H2,1H3,(H,23,25)(H,24,26). The van der Waals surface area contributed by atoms with Crippen molar-refractivity contribution in [3.63, 3.8) is 0 Å². The summed E-state index contributed by atoms with van der Waals surface area (Å²) in [5, 5.41) is 6.00. The third-order valence-corrected chi connectivity index (χ3v) is 4.35. The van der Waals surface area contributed by atoms with Crippen molar-refractivity contribution < 1.29 is 19.1 Å². The van der Waals surface area contributed by atoms with Crippen molar-refractivity contribution in [1.29, 1.82) is 0 Å². The van der Waals surface area contributed by atoms with E-state index in [0.717, 1.165) is 17.7 Å². The molecule has 0 saturated carbocycles. The Balaban J connectivity index is 1.73. The van der Waals surface area contributed by atoms with Gasteiger partial charge in [-0.05, 0) is 36.2 Å². The minimum atomic E-state index is -0.642. The Bertz CT molecular complexity index is 871. The lowest BCUT2D eigenvalue weighted by Gasteiger charge is -2.10. The van der Waals surface area contributed by atoms with Gasteiger partial charge in [0.2, 0.25) is 5.91 Å². The number of esters is 1. The number of anilines is 2. The fraction of sp³-hybridized carbons (Fsp3) is 0.250. The molecule has 6 nitrogen and oxygen atoms in total. The van der Waals surface area contributed by atoms with Crippen molar-refractivity contribution in [2.75, 3.05) is 17.2 Å². The predicted octanol–water partition coefficient (Wildman–Crippen LogP) is 4.46. The van der Waals surface area contributed by atoms with Gasteiger partial charge in [0.05, 0.1) is 17.1 Å². The molecule has 8 heteroatoms. The zero-order valence-electron chi connectivity index (χ0n) is 15.3. The lowest BCUT2D eigenvalue weighted by molar-refractivity contribution is -0.147. The zero-order valence-corrected chi connectivity index (χ0v) is 16.8. The molecular formula is C20H20Cl2N2O4. The number of para-hydroxylation sites is 1. The summed E-state index contributed by atoms with van der Waals surface area (Å²) in [6.07, 6.45) is 0.613. The van der Waals surface area contributed by atoms with E-state index >= 15 is 0 Å². The number of rotatable bonds is 8. The second kappa shape index (κ2) is 10.7. The molecule has 0 radical (unpaired) electrons. The summed E-state index contributed by atoms with van der Waals surface area (Å²) in [6.45, 7) is 1.52. The van der Waals surface area contributed by atoms with E-state index < -0.39 is 18.5 Å². The van der Waals surface area contributed by atoms with Crippen LogP contribution in [0.1, 0.15) is 25.3 Å². The lowest BCUT2D eigenvalue weighted by atomic mass is 10.1. The van der Waals surface area contributed by atoms with Gasteiger partial charge in [-0.3, -0.25) is 14.4 Å². The van der Waals surface area contributed by atoms with E-state index in [4.69, 9.17) is 27.9 Å². The van der Waals surface area contributed by atoms with Gasteiger partial charge < -0.3 is 15.4 Å². The Morgan fingerprint density at radius 1 is 0.929 bits per heavy atom. The lowest BCUT2D eigenvalue weighted by Crippen LogP contribution is -2.22. The summed E-state index contributed by atoms with van der Waals surface area (Å²) in [4.78, 5) is 35.6. The highest BCUT2D eigenvalue weighted by atomic mass is 35.5. The van der Waals surface area contributed by atoms with Crippen LogP contribution in [0.3, 0.4) is 0 Å². The Morgan fingerprint density at radius 3 is 2.36 bits per heavy atom. The number of halogens is 2. The minimum Gasteiger partial charge on any atom is -0.456 e. The van der Waals surface area contributed by atoms with Gasteiger partial charge in [-0.25, -0.2) is 0 Å². The Kier molecular flexibility index (Phi) is 8.29. The van der Waals surface area contributed by atoms with E-state index in [9.17, 15) is 14.4 Å². The zero-order chi connectivity index (χ0) is 20.5. The summed E-state index contributed by atoms with van der Waals surface area (Å²) in [5.74, 6) is -1.48. The van der Waals surface area contributed by atoms with Crippen LogP contribution < -0.4 is 10.6 Å². The second-order valence-corrected chi connectivity index (χ2v) is 6.74. The molecule has 148 valence electrons. The van der Waals surface area contributed by atoms with Crippen molar-refractivity contribution in [2.45, 2.75) is 26.2 Å². The van der Waals surface area contributed by atoms with Crippen molar-refractivity contribution >= 4 is 52.4 Å². The third kappa shape index (κ3) is 6.87. The molecule has 0 aromatic heterocycles. The van der Waals surface area contributed by atoms with Crippen LogP contribution in [-0.2, 0) is 25.5 Å². The number of amides is 2. The fourth-order valence-electron chi connectivity index (χ4n) is 2.37. The van der Waals surface area contributed by atoms with Crippen LogP contribution in [0, 0.1) is 0 Å². The molecule has 2 amide bonds. The molecule has 28 heavy (non-hydrogen) atoms. The van der Waals surface area contributed by atoms with Crippen LogP contribution in [-0.4, -0.2) is 24.4 Å². The molecule has 0 unspecified atom stereocenters. The van der Waals surface area contributed by atoms with E-state index in [1.165, 1.54) is 6.07 Å². The number of benzene rings is 2. The van der Waals surface area contributed by atoms with E-state index in [2.05, 4.69) is 10.6 Å². The van der Waals surface area contributed by atoms with Gasteiger partial charge in [-0.15, -0.1) is 0 Å². The van der Waals surface area contributed by atoms with Gasteiger partial charge in [0.1, 0.15) is 0 Å². The molecule has 0 saturated heterocycles. The Hall–Kier alpha value is -2.57. The maximum absolute atomic E-state index is 12.0. The van der Waals surface area contributed by atoms with E-state index in [1.807, 2.05) is 25.1 Å². The topological polar surface area (TPSA) is 84.5 Å². The Morgan fingerprint density at radius 2 is 1.64 bits per heavy atom. The molecule has 0 aliphatic heterocycles. The quantitative estimate of drug-likeness (QED) is 0.615. The van der Waals surface area contributed by atoms with Crippen molar-refractivity contribution in [2.24, 2.45) is 0 Å². The van der Waals surface area contributed by atoms with E-state index in [0.29, 0.717) is 10.7 Å². The SMILES string of the molecule is CCc1ccccc1NC(=O)CCC(=O)OCC(=O)Nc1ccc(Cl)cc1Cl. The minimum absolute atomic E-state index is 0.0402. The fourth-order valence-corrected chi connectivity index (χ4v) is 2.83. The highest BCUT2D eigenvalue weighted by Gasteiger charge is 2.12. The number of carbonyl (C=O) groups excluding carboxylic acids is 3. The maximum atomic E-state index is 12.0. The van der Waals surface area contributed by atoms with Crippen LogP contribution in [0.4, 0.5) is 11.4 Å². The molecule has 0 spiro atoms. The molecule has 0 heterocycles. The van der Waals surface area contributed by atoms with Gasteiger partial charge in [-0.2, -0.15) is 0 Å². The molecule has 0 aliphatic carbocycles. The van der Waals surface area contributed by atoms with Crippen molar-refractivity contribution in [1.82, 2.24) is 0 Å². The first-order valence-electron chi connectivity index (χ1n) is 8.67. The normalized spacial score (nSPS) is 10.2. The molecule has 2 aromatic rings. The third-order valence-electron chi connectivity index (χ3n) is 3.80. The molecule has 2 rings (SSSR count). The van der Waals surface area contributed by atoms with Crippen molar-refractivity contribution in [3.8, 4) is 0 Å². The second-order valence-electron chi connectivity index (χ2n) is 5.89. The summed E-state index contributed by atoms with van der Waals surface area (Å²) >= 11 is 11.7. The number of nitrogens with one attached hydrogen (secondary N) is 2. The van der Waals surface area contributed by atoms with Gasteiger partial charge in [-0.1, -0.05) is 48.3 Å². The first-order valence-corrected chi connectivity index (χ1v) is 9.43. The molecule has 0 fully saturated rings. The van der Waals surface area contributed by atoms with Crippen LogP contribution in [0.15, 0.2) is 42.5 Å². The number of hydrogen-bond donors (Lipinski definition) is 2. The first kappa shape index (κ1) is 21.7.